The molecule has 1 saturated heterocycles. The zero-order chi connectivity index (χ0) is 16.3. The van der Waals surface area contributed by atoms with Crippen molar-refractivity contribution in [3.05, 3.63) is 29.8 Å². The minimum absolute atomic E-state index is 0.00221. The first-order valence-electron chi connectivity index (χ1n) is 8.46. The van der Waals surface area contributed by atoms with Crippen molar-refractivity contribution in [3.8, 4) is 5.75 Å². The highest BCUT2D eigenvalue weighted by Gasteiger charge is 2.56. The van der Waals surface area contributed by atoms with Crippen LogP contribution in [0.15, 0.2) is 24.3 Å². The molecule has 2 aliphatic rings. The molecule has 0 aromatic heterocycles. The Morgan fingerprint density at radius 2 is 2.04 bits per heavy atom. The van der Waals surface area contributed by atoms with Crippen LogP contribution in [-0.4, -0.2) is 53.9 Å². The van der Waals surface area contributed by atoms with Gasteiger partial charge in [-0.1, -0.05) is 31.0 Å². The number of aliphatic hydroxyl groups is 1. The lowest BCUT2D eigenvalue weighted by Crippen LogP contribution is -2.45. The number of rotatable bonds is 7. The standard InChI is InChI=1S/C18H25NO4/c20-10-6-2-1-5-9-19-11-15-14-7-3-4-8-16(14)23-13-18(15,12-19)17(21)22/h3-4,7-8,15,20H,1-2,5-6,9-13H2,(H,21,22)/t15-,18-/m0/s1. The second-order valence-corrected chi connectivity index (χ2v) is 6.71. The fourth-order valence-electron chi connectivity index (χ4n) is 3.90. The molecule has 5 nitrogen and oxygen atoms in total. The van der Waals surface area contributed by atoms with E-state index < -0.39 is 11.4 Å². The van der Waals surface area contributed by atoms with Gasteiger partial charge >= 0.3 is 5.97 Å². The number of nitrogens with zero attached hydrogens (tertiary/aromatic N) is 1. The van der Waals surface area contributed by atoms with Gasteiger partial charge in [-0.3, -0.25) is 4.79 Å². The summed E-state index contributed by atoms with van der Waals surface area (Å²) < 4.78 is 5.77. The fourth-order valence-corrected chi connectivity index (χ4v) is 3.90. The number of hydrogen-bond donors (Lipinski definition) is 2. The van der Waals surface area contributed by atoms with Gasteiger partial charge in [0.2, 0.25) is 0 Å². The maximum absolute atomic E-state index is 12.0. The third-order valence-electron chi connectivity index (χ3n) is 5.20. The van der Waals surface area contributed by atoms with Crippen LogP contribution in [0.4, 0.5) is 0 Å². The summed E-state index contributed by atoms with van der Waals surface area (Å²) in [6.07, 6.45) is 4.01. The number of aliphatic carboxylic acids is 1. The molecule has 23 heavy (non-hydrogen) atoms. The van der Waals surface area contributed by atoms with E-state index in [1.165, 1.54) is 0 Å². The minimum Gasteiger partial charge on any atom is -0.492 e. The van der Waals surface area contributed by atoms with Gasteiger partial charge in [-0.05, 0) is 31.0 Å². The first kappa shape index (κ1) is 16.3. The molecule has 3 rings (SSSR count). The highest BCUT2D eigenvalue weighted by atomic mass is 16.5. The summed E-state index contributed by atoms with van der Waals surface area (Å²) in [5, 5.41) is 18.7. The van der Waals surface area contributed by atoms with E-state index in [-0.39, 0.29) is 19.1 Å². The van der Waals surface area contributed by atoms with Crippen molar-refractivity contribution in [2.45, 2.75) is 31.6 Å². The molecular formula is C18H25NO4. The Morgan fingerprint density at radius 1 is 1.26 bits per heavy atom. The van der Waals surface area contributed by atoms with Crippen molar-refractivity contribution < 1.29 is 19.7 Å². The molecule has 0 radical (unpaired) electrons. The van der Waals surface area contributed by atoms with Gasteiger partial charge in [0.05, 0.1) is 0 Å². The SMILES string of the molecule is O=C(O)[C@@]12COc3ccccc3[C@@H]1CN(CCCCCCO)C2. The average Bonchev–Trinajstić information content (AvgIpc) is 2.95. The molecule has 0 amide bonds. The predicted molar refractivity (Wildman–Crippen MR) is 86.7 cm³/mol. The molecule has 0 bridgehead atoms. The van der Waals surface area contributed by atoms with Gasteiger partial charge in [0.1, 0.15) is 17.8 Å². The number of benzene rings is 1. The van der Waals surface area contributed by atoms with E-state index >= 15 is 0 Å². The molecule has 0 aliphatic carbocycles. The fraction of sp³-hybridized carbons (Fsp3) is 0.611. The van der Waals surface area contributed by atoms with Gasteiger partial charge < -0.3 is 19.8 Å². The van der Waals surface area contributed by atoms with Crippen LogP contribution in [0.5, 0.6) is 5.75 Å². The number of ether oxygens (including phenoxy) is 1. The van der Waals surface area contributed by atoms with Crippen molar-refractivity contribution in [3.63, 3.8) is 0 Å². The second kappa shape index (κ2) is 6.89. The summed E-state index contributed by atoms with van der Waals surface area (Å²) in [4.78, 5) is 14.3. The van der Waals surface area contributed by atoms with Crippen LogP contribution in [0.3, 0.4) is 0 Å². The lowest BCUT2D eigenvalue weighted by molar-refractivity contribution is -0.151. The Morgan fingerprint density at radius 3 is 2.83 bits per heavy atom. The van der Waals surface area contributed by atoms with Crippen LogP contribution in [0.25, 0.3) is 0 Å². The van der Waals surface area contributed by atoms with Crippen molar-refractivity contribution in [1.82, 2.24) is 4.90 Å². The zero-order valence-electron chi connectivity index (χ0n) is 13.4. The molecule has 5 heteroatoms. The number of carboxylic acids is 1. The van der Waals surface area contributed by atoms with Crippen LogP contribution < -0.4 is 4.74 Å². The molecular weight excluding hydrogens is 294 g/mol. The van der Waals surface area contributed by atoms with E-state index in [0.717, 1.165) is 50.1 Å². The Bertz CT molecular complexity index is 562. The molecule has 2 atom stereocenters. The summed E-state index contributed by atoms with van der Waals surface area (Å²) in [6, 6.07) is 7.82. The van der Waals surface area contributed by atoms with Gasteiger partial charge in [-0.15, -0.1) is 0 Å². The van der Waals surface area contributed by atoms with E-state index in [0.29, 0.717) is 6.54 Å². The second-order valence-electron chi connectivity index (χ2n) is 6.71. The van der Waals surface area contributed by atoms with E-state index in [1.54, 1.807) is 0 Å². The first-order chi connectivity index (χ1) is 11.2. The van der Waals surface area contributed by atoms with Crippen LogP contribution in [0.2, 0.25) is 0 Å². The monoisotopic (exact) mass is 319 g/mol. The van der Waals surface area contributed by atoms with Gasteiger partial charge in [-0.2, -0.15) is 0 Å². The van der Waals surface area contributed by atoms with E-state index in [2.05, 4.69) is 4.90 Å². The zero-order valence-corrected chi connectivity index (χ0v) is 13.4. The molecule has 0 spiro atoms. The van der Waals surface area contributed by atoms with Crippen LogP contribution in [-0.2, 0) is 4.79 Å². The third kappa shape index (κ3) is 3.08. The molecule has 1 fully saturated rings. The first-order valence-corrected chi connectivity index (χ1v) is 8.46. The van der Waals surface area contributed by atoms with E-state index in [9.17, 15) is 9.90 Å². The number of fused-ring (bicyclic) bond motifs is 3. The largest absolute Gasteiger partial charge is 0.492 e. The van der Waals surface area contributed by atoms with Crippen molar-refractivity contribution >= 4 is 5.97 Å². The maximum atomic E-state index is 12.0. The van der Waals surface area contributed by atoms with E-state index in [1.807, 2.05) is 24.3 Å². The maximum Gasteiger partial charge on any atom is 0.315 e. The van der Waals surface area contributed by atoms with Gasteiger partial charge in [0, 0.05) is 25.6 Å². The Kier molecular flexibility index (Phi) is 4.87. The summed E-state index contributed by atoms with van der Waals surface area (Å²) in [5.74, 6) is 0.0846. The predicted octanol–water partition coefficient (Wildman–Crippen LogP) is 2.10. The van der Waals surface area contributed by atoms with Crippen LogP contribution in [0.1, 0.15) is 37.2 Å². The number of para-hydroxylation sites is 1. The number of unbranched alkanes of at least 4 members (excludes halogenated alkanes) is 3. The lowest BCUT2D eigenvalue weighted by atomic mass is 9.73. The highest BCUT2D eigenvalue weighted by Crippen LogP contribution is 2.49. The Hall–Kier alpha value is -1.59. The van der Waals surface area contributed by atoms with E-state index in [4.69, 9.17) is 9.84 Å². The quantitative estimate of drug-likeness (QED) is 0.753. The number of carbonyl (C=O) groups is 1. The summed E-state index contributed by atoms with van der Waals surface area (Å²) in [7, 11) is 0. The average molecular weight is 319 g/mol. The van der Waals surface area contributed by atoms with Crippen molar-refractivity contribution in [2.75, 3.05) is 32.8 Å². The molecule has 0 saturated carbocycles. The number of carboxylic acid groups (broad SMARTS) is 1. The van der Waals surface area contributed by atoms with Crippen LogP contribution in [0, 0.1) is 5.41 Å². The smallest absolute Gasteiger partial charge is 0.315 e. The molecule has 1 aromatic rings. The topological polar surface area (TPSA) is 70.0 Å². The van der Waals surface area contributed by atoms with Gasteiger partial charge in [-0.25, -0.2) is 0 Å². The highest BCUT2D eigenvalue weighted by molar-refractivity contribution is 5.78. The van der Waals surface area contributed by atoms with Crippen LogP contribution >= 0.6 is 0 Å². The third-order valence-corrected chi connectivity index (χ3v) is 5.20. The summed E-state index contributed by atoms with van der Waals surface area (Å²) >= 11 is 0. The molecule has 2 heterocycles. The Labute approximate surface area is 136 Å². The minimum atomic E-state index is -0.820. The van der Waals surface area contributed by atoms with Gasteiger partial charge in [0.15, 0.2) is 0 Å². The Balaban J connectivity index is 1.70. The lowest BCUT2D eigenvalue weighted by Gasteiger charge is -2.35. The molecule has 1 aromatic carbocycles. The summed E-state index contributed by atoms with van der Waals surface area (Å²) in [6.45, 7) is 2.76. The number of likely N-dealkylation sites (tertiary alicyclic amines) is 1. The normalized spacial score (nSPS) is 26.4. The number of aliphatic hydroxyl groups excluding tert-OH is 1. The van der Waals surface area contributed by atoms with Crippen molar-refractivity contribution in [2.24, 2.45) is 5.41 Å². The molecule has 126 valence electrons. The van der Waals surface area contributed by atoms with Crippen molar-refractivity contribution in [1.29, 1.82) is 0 Å². The van der Waals surface area contributed by atoms with Gasteiger partial charge in [0.25, 0.3) is 0 Å². The molecule has 2 N–H and O–H groups in total. The molecule has 2 aliphatic heterocycles. The summed E-state index contributed by atoms with van der Waals surface area (Å²) in [5.41, 5.74) is 0.211. The molecule has 0 unspecified atom stereocenters. The number of hydrogen-bond acceptors (Lipinski definition) is 4.